The first-order valence-electron chi connectivity index (χ1n) is 8.75. The molecular formula is C17H30BNO4. The lowest BCUT2D eigenvalue weighted by Crippen LogP contribution is -2.47. The first-order valence-corrected chi connectivity index (χ1v) is 8.75. The molecule has 3 aliphatic rings. The molecule has 0 N–H and O–H groups in total. The van der Waals surface area contributed by atoms with Crippen LogP contribution in [0, 0.1) is 5.92 Å². The molecule has 3 atom stereocenters. The van der Waals surface area contributed by atoms with Crippen LogP contribution in [0.3, 0.4) is 0 Å². The highest BCUT2D eigenvalue weighted by atomic mass is 16.7. The van der Waals surface area contributed by atoms with Crippen LogP contribution >= 0.6 is 0 Å². The third-order valence-corrected chi connectivity index (χ3v) is 5.78. The van der Waals surface area contributed by atoms with Gasteiger partial charge in [-0.1, -0.05) is 0 Å². The zero-order valence-electron chi connectivity index (χ0n) is 15.5. The van der Waals surface area contributed by atoms with Gasteiger partial charge in [-0.2, -0.15) is 0 Å². The predicted octanol–water partition coefficient (Wildman–Crippen LogP) is 3.48. The fourth-order valence-electron chi connectivity index (χ4n) is 3.96. The largest absolute Gasteiger partial charge is 0.463 e. The highest BCUT2D eigenvalue weighted by molar-refractivity contribution is 6.48. The number of nitrogens with zero attached hydrogens (tertiary/aromatic N) is 1. The van der Waals surface area contributed by atoms with E-state index in [-0.39, 0.29) is 36.3 Å². The van der Waals surface area contributed by atoms with E-state index >= 15 is 0 Å². The number of hydrogen-bond acceptors (Lipinski definition) is 4. The second kappa shape index (κ2) is 5.12. The van der Waals surface area contributed by atoms with E-state index in [0.717, 1.165) is 19.4 Å². The molecule has 3 fully saturated rings. The van der Waals surface area contributed by atoms with E-state index in [0.29, 0.717) is 5.92 Å². The summed E-state index contributed by atoms with van der Waals surface area (Å²) in [5, 5.41) is 0. The van der Waals surface area contributed by atoms with Crippen molar-refractivity contribution in [2.75, 3.05) is 6.54 Å². The molecule has 1 amide bonds. The Kier molecular flexibility index (Phi) is 3.81. The normalized spacial score (nSPS) is 35.0. The minimum atomic E-state index is -0.460. The monoisotopic (exact) mass is 323 g/mol. The highest BCUT2D eigenvalue weighted by Gasteiger charge is 2.60. The van der Waals surface area contributed by atoms with Gasteiger partial charge in [-0.05, 0) is 67.2 Å². The van der Waals surface area contributed by atoms with Gasteiger partial charge in [0.2, 0.25) is 0 Å². The van der Waals surface area contributed by atoms with Crippen molar-refractivity contribution in [1.82, 2.24) is 4.90 Å². The third kappa shape index (κ3) is 3.00. The van der Waals surface area contributed by atoms with Crippen LogP contribution in [0.15, 0.2) is 0 Å². The first kappa shape index (κ1) is 17.1. The average molecular weight is 323 g/mol. The number of hydrogen-bond donors (Lipinski definition) is 0. The maximum absolute atomic E-state index is 12.5. The molecule has 130 valence electrons. The molecule has 6 heteroatoms. The van der Waals surface area contributed by atoms with Crippen molar-refractivity contribution in [2.45, 2.75) is 90.0 Å². The Morgan fingerprint density at radius 3 is 2.17 bits per heavy atom. The smallest absolute Gasteiger partial charge is 0.444 e. The lowest BCUT2D eigenvalue weighted by molar-refractivity contribution is 0.00578. The molecule has 2 saturated heterocycles. The van der Waals surface area contributed by atoms with Crippen LogP contribution in [0.4, 0.5) is 4.79 Å². The molecule has 1 saturated carbocycles. The molecule has 0 unspecified atom stereocenters. The maximum atomic E-state index is 12.5. The molecule has 2 bridgehead atoms. The Labute approximate surface area is 140 Å². The second-order valence-corrected chi connectivity index (χ2v) is 9.33. The van der Waals surface area contributed by atoms with Gasteiger partial charge in [0.1, 0.15) is 5.60 Å². The number of rotatable bonds is 1. The number of carbonyl (C=O) groups excluding carboxylic acids is 1. The van der Waals surface area contributed by atoms with Crippen LogP contribution in [0.2, 0.25) is 5.82 Å². The summed E-state index contributed by atoms with van der Waals surface area (Å²) in [5.41, 5.74) is -1.11. The van der Waals surface area contributed by atoms with Crippen molar-refractivity contribution >= 4 is 13.2 Å². The van der Waals surface area contributed by atoms with E-state index in [4.69, 9.17) is 14.0 Å². The fraction of sp³-hybridized carbons (Fsp3) is 0.941. The van der Waals surface area contributed by atoms with Gasteiger partial charge in [0.05, 0.1) is 11.2 Å². The van der Waals surface area contributed by atoms with E-state index < -0.39 is 5.60 Å². The number of fused-ring (bicyclic) bond motifs is 2. The highest BCUT2D eigenvalue weighted by Crippen LogP contribution is 2.51. The Morgan fingerprint density at radius 1 is 1.13 bits per heavy atom. The Hall–Kier alpha value is -0.745. The maximum Gasteiger partial charge on any atom is 0.463 e. The van der Waals surface area contributed by atoms with Gasteiger partial charge < -0.3 is 18.9 Å². The van der Waals surface area contributed by atoms with E-state index in [1.165, 1.54) is 0 Å². The lowest BCUT2D eigenvalue weighted by Gasteiger charge is -2.35. The number of carbonyl (C=O) groups is 1. The van der Waals surface area contributed by atoms with E-state index in [1.54, 1.807) is 0 Å². The lowest BCUT2D eigenvalue weighted by atomic mass is 9.67. The molecule has 3 rings (SSSR count). The SMILES string of the molecule is CC(C)(C)OC(=O)N1C[C@H]2C[C@@H]1[C@H](B1OC(C)(C)C(C)(C)O1)C2. The molecule has 5 nitrogen and oxygen atoms in total. The van der Waals surface area contributed by atoms with Crippen LogP contribution in [-0.4, -0.2) is 47.5 Å². The summed E-state index contributed by atoms with van der Waals surface area (Å²) in [6.45, 7) is 14.8. The summed E-state index contributed by atoms with van der Waals surface area (Å²) >= 11 is 0. The quantitative estimate of drug-likeness (QED) is 0.693. The molecule has 0 spiro atoms. The van der Waals surface area contributed by atoms with Crippen LogP contribution < -0.4 is 0 Å². The fourth-order valence-corrected chi connectivity index (χ4v) is 3.96. The average Bonchev–Trinajstić information content (AvgIpc) is 2.98. The second-order valence-electron chi connectivity index (χ2n) is 9.33. The van der Waals surface area contributed by atoms with Gasteiger partial charge in [0, 0.05) is 18.4 Å². The summed E-state index contributed by atoms with van der Waals surface area (Å²) in [5.74, 6) is 0.777. The third-order valence-electron chi connectivity index (χ3n) is 5.78. The van der Waals surface area contributed by atoms with Crippen molar-refractivity contribution in [3.8, 4) is 0 Å². The standard InChI is InChI=1S/C17H30BNO4/c1-15(2,3)21-14(20)19-10-11-8-12(13(19)9-11)18-22-16(4,5)17(6,7)23-18/h11-13H,8-10H2,1-7H3/t11-,12-,13-/m1/s1. The van der Waals surface area contributed by atoms with Gasteiger partial charge in [-0.15, -0.1) is 0 Å². The zero-order chi connectivity index (χ0) is 17.2. The van der Waals surface area contributed by atoms with Gasteiger partial charge in [0.25, 0.3) is 0 Å². The summed E-state index contributed by atoms with van der Waals surface area (Å²) in [4.78, 5) is 14.4. The predicted molar refractivity (Wildman–Crippen MR) is 89.3 cm³/mol. The van der Waals surface area contributed by atoms with Gasteiger partial charge in [0.15, 0.2) is 0 Å². The van der Waals surface area contributed by atoms with Crippen LogP contribution in [-0.2, 0) is 14.0 Å². The van der Waals surface area contributed by atoms with E-state index in [1.807, 2.05) is 25.7 Å². The van der Waals surface area contributed by atoms with Crippen LogP contribution in [0.1, 0.15) is 61.3 Å². The molecular weight excluding hydrogens is 293 g/mol. The minimum Gasteiger partial charge on any atom is -0.444 e. The van der Waals surface area contributed by atoms with Crippen molar-refractivity contribution in [3.63, 3.8) is 0 Å². The molecule has 0 aromatic rings. The zero-order valence-corrected chi connectivity index (χ0v) is 15.5. The Balaban J connectivity index is 1.71. The van der Waals surface area contributed by atoms with E-state index in [2.05, 4.69) is 27.7 Å². The Bertz CT molecular complexity index is 483. The summed E-state index contributed by atoms with van der Waals surface area (Å²) in [6, 6.07) is 0.171. The number of likely N-dealkylation sites (tertiary alicyclic amines) is 1. The van der Waals surface area contributed by atoms with Crippen molar-refractivity contribution < 1.29 is 18.8 Å². The van der Waals surface area contributed by atoms with Crippen molar-refractivity contribution in [1.29, 1.82) is 0 Å². The summed E-state index contributed by atoms with van der Waals surface area (Å²) < 4.78 is 18.0. The summed E-state index contributed by atoms with van der Waals surface area (Å²) in [7, 11) is -0.236. The first-order chi connectivity index (χ1) is 10.4. The topological polar surface area (TPSA) is 48.0 Å². The number of ether oxygens (including phenoxy) is 1. The minimum absolute atomic E-state index is 0.171. The summed E-state index contributed by atoms with van der Waals surface area (Å²) in [6.07, 6.45) is 1.90. The number of piperidine rings is 1. The van der Waals surface area contributed by atoms with Crippen LogP contribution in [0.25, 0.3) is 0 Å². The molecule has 0 radical (unpaired) electrons. The molecule has 2 heterocycles. The molecule has 23 heavy (non-hydrogen) atoms. The van der Waals surface area contributed by atoms with E-state index in [9.17, 15) is 4.79 Å². The molecule has 0 aromatic heterocycles. The molecule has 2 aliphatic heterocycles. The number of amides is 1. The van der Waals surface area contributed by atoms with Crippen molar-refractivity contribution in [3.05, 3.63) is 0 Å². The van der Waals surface area contributed by atoms with Gasteiger partial charge in [-0.3, -0.25) is 0 Å². The van der Waals surface area contributed by atoms with Gasteiger partial charge in [-0.25, -0.2) is 4.79 Å². The van der Waals surface area contributed by atoms with Crippen molar-refractivity contribution in [2.24, 2.45) is 5.92 Å². The van der Waals surface area contributed by atoms with Gasteiger partial charge >= 0.3 is 13.2 Å². The van der Waals surface area contributed by atoms with Crippen LogP contribution in [0.5, 0.6) is 0 Å². The molecule has 0 aromatic carbocycles. The molecule has 1 aliphatic carbocycles. The Morgan fingerprint density at radius 2 is 1.70 bits per heavy atom.